The Morgan fingerprint density at radius 1 is 1.29 bits per heavy atom. The zero-order valence-electron chi connectivity index (χ0n) is 10.6. The van der Waals surface area contributed by atoms with Gasteiger partial charge in [-0.3, -0.25) is 0 Å². The number of nitrogens with zero attached hydrogens (tertiary/aromatic N) is 1. The minimum Gasteiger partial charge on any atom is -0.306 e. The summed E-state index contributed by atoms with van der Waals surface area (Å²) in [6.45, 7) is 1.97. The molecule has 0 amide bonds. The van der Waals surface area contributed by atoms with Gasteiger partial charge in [-0.05, 0) is 57.0 Å². The normalized spacial score (nSPS) is 32.5. The van der Waals surface area contributed by atoms with E-state index in [1.807, 2.05) is 0 Å². The number of hydrogen-bond acceptors (Lipinski definition) is 3. The molecule has 2 fully saturated rings. The molecule has 2 saturated carbocycles. The lowest BCUT2D eigenvalue weighted by Gasteiger charge is -2.27. The fraction of sp³-hybridized carbons (Fsp3) is 1.00. The van der Waals surface area contributed by atoms with Crippen molar-refractivity contribution in [1.29, 1.82) is 0 Å². The highest BCUT2D eigenvalue weighted by atomic mass is 32.2. The molecule has 17 heavy (non-hydrogen) atoms. The van der Waals surface area contributed by atoms with Crippen LogP contribution < -0.4 is 5.14 Å². The molecule has 0 aromatic heterocycles. The fourth-order valence-electron chi connectivity index (χ4n) is 3.63. The third-order valence-electron chi connectivity index (χ3n) is 4.40. The van der Waals surface area contributed by atoms with Crippen LogP contribution in [-0.4, -0.2) is 39.2 Å². The predicted molar refractivity (Wildman–Crippen MR) is 69.0 cm³/mol. The Morgan fingerprint density at radius 2 is 2.06 bits per heavy atom. The topological polar surface area (TPSA) is 63.4 Å². The van der Waals surface area contributed by atoms with E-state index in [2.05, 4.69) is 11.9 Å². The summed E-state index contributed by atoms with van der Waals surface area (Å²) in [7, 11) is -1.19. The van der Waals surface area contributed by atoms with Gasteiger partial charge in [0.1, 0.15) is 0 Å². The van der Waals surface area contributed by atoms with Crippen molar-refractivity contribution >= 4 is 10.0 Å². The quantitative estimate of drug-likeness (QED) is 0.776. The van der Waals surface area contributed by atoms with Gasteiger partial charge in [0.25, 0.3) is 0 Å². The van der Waals surface area contributed by atoms with Gasteiger partial charge in [0, 0.05) is 6.54 Å². The summed E-state index contributed by atoms with van der Waals surface area (Å²) < 4.78 is 21.6. The molecule has 0 aromatic rings. The second-order valence-corrected chi connectivity index (χ2v) is 7.65. The Hall–Kier alpha value is -0.130. The Balaban J connectivity index is 1.66. The molecular formula is C12H24N2O2S. The first-order valence-corrected chi connectivity index (χ1v) is 8.34. The highest BCUT2D eigenvalue weighted by Gasteiger charge is 2.39. The Labute approximate surface area is 105 Å². The summed E-state index contributed by atoms with van der Waals surface area (Å²) in [5.41, 5.74) is 0. The van der Waals surface area contributed by atoms with E-state index in [1.165, 1.54) is 25.7 Å². The van der Waals surface area contributed by atoms with E-state index < -0.39 is 10.0 Å². The number of rotatable bonds is 6. The van der Waals surface area contributed by atoms with E-state index in [0.717, 1.165) is 30.8 Å². The first-order valence-electron chi connectivity index (χ1n) is 6.63. The average Bonchev–Trinajstić information content (AvgIpc) is 2.76. The first-order chi connectivity index (χ1) is 7.94. The van der Waals surface area contributed by atoms with Gasteiger partial charge in [0.05, 0.1) is 5.75 Å². The van der Waals surface area contributed by atoms with Crippen LogP contribution >= 0.6 is 0 Å². The maximum absolute atomic E-state index is 10.8. The molecule has 4 nitrogen and oxygen atoms in total. The van der Waals surface area contributed by atoms with Crippen molar-refractivity contribution < 1.29 is 8.42 Å². The van der Waals surface area contributed by atoms with Crippen molar-refractivity contribution in [2.45, 2.75) is 32.1 Å². The molecule has 5 heteroatoms. The molecule has 3 atom stereocenters. The molecule has 2 aliphatic rings. The highest BCUT2D eigenvalue weighted by molar-refractivity contribution is 7.89. The van der Waals surface area contributed by atoms with Crippen LogP contribution in [0.25, 0.3) is 0 Å². The lowest BCUT2D eigenvalue weighted by molar-refractivity contribution is 0.220. The Kier molecular flexibility index (Phi) is 4.10. The molecule has 0 aromatic carbocycles. The van der Waals surface area contributed by atoms with E-state index in [1.54, 1.807) is 0 Å². The molecule has 0 saturated heterocycles. The first kappa shape index (κ1) is 13.3. The molecular weight excluding hydrogens is 236 g/mol. The fourth-order valence-corrected chi connectivity index (χ4v) is 4.16. The van der Waals surface area contributed by atoms with E-state index >= 15 is 0 Å². The van der Waals surface area contributed by atoms with Gasteiger partial charge in [0.2, 0.25) is 10.0 Å². The van der Waals surface area contributed by atoms with Crippen molar-refractivity contribution in [3.05, 3.63) is 0 Å². The zero-order chi connectivity index (χ0) is 12.5. The number of fused-ring (bicyclic) bond motifs is 2. The largest absolute Gasteiger partial charge is 0.306 e. The van der Waals surface area contributed by atoms with Crippen LogP contribution in [0, 0.1) is 17.8 Å². The highest BCUT2D eigenvalue weighted by Crippen LogP contribution is 2.48. The number of sulfonamides is 1. The average molecular weight is 260 g/mol. The number of primary sulfonamides is 1. The van der Waals surface area contributed by atoms with Crippen LogP contribution in [0.2, 0.25) is 0 Å². The maximum Gasteiger partial charge on any atom is 0.209 e. The van der Waals surface area contributed by atoms with Crippen molar-refractivity contribution in [1.82, 2.24) is 4.90 Å². The summed E-state index contributed by atoms with van der Waals surface area (Å²) in [4.78, 5) is 2.27. The van der Waals surface area contributed by atoms with Crippen LogP contribution in [0.1, 0.15) is 32.1 Å². The van der Waals surface area contributed by atoms with Crippen molar-refractivity contribution in [2.24, 2.45) is 22.9 Å². The van der Waals surface area contributed by atoms with Crippen LogP contribution in [-0.2, 0) is 10.0 Å². The minimum atomic E-state index is -3.28. The molecule has 3 unspecified atom stereocenters. The lowest BCUT2D eigenvalue weighted by Crippen LogP contribution is -2.30. The van der Waals surface area contributed by atoms with Crippen LogP contribution in [0.3, 0.4) is 0 Å². The van der Waals surface area contributed by atoms with Crippen LogP contribution in [0.15, 0.2) is 0 Å². The number of hydrogen-bond donors (Lipinski definition) is 1. The molecule has 2 rings (SSSR count). The van der Waals surface area contributed by atoms with Gasteiger partial charge in [0.15, 0.2) is 0 Å². The summed E-state index contributed by atoms with van der Waals surface area (Å²) in [6.07, 6.45) is 6.34. The van der Waals surface area contributed by atoms with Gasteiger partial charge in [-0.2, -0.15) is 0 Å². The van der Waals surface area contributed by atoms with E-state index in [-0.39, 0.29) is 5.75 Å². The summed E-state index contributed by atoms with van der Waals surface area (Å²) in [6, 6.07) is 0. The van der Waals surface area contributed by atoms with E-state index in [4.69, 9.17) is 5.14 Å². The van der Waals surface area contributed by atoms with Gasteiger partial charge < -0.3 is 4.90 Å². The van der Waals surface area contributed by atoms with Gasteiger partial charge in [-0.15, -0.1) is 0 Å². The van der Waals surface area contributed by atoms with Crippen molar-refractivity contribution in [2.75, 3.05) is 25.9 Å². The monoisotopic (exact) mass is 260 g/mol. The standard InChI is InChI=1S/C12H24N2O2S/c1-14(5-2-6-17(13,15)16)9-12-8-10-3-4-11(12)7-10/h10-12H,2-9H2,1H3,(H2,13,15,16). The predicted octanol–water partition coefficient (Wildman–Crippen LogP) is 1.03. The van der Waals surface area contributed by atoms with Crippen molar-refractivity contribution in [3.63, 3.8) is 0 Å². The molecule has 2 N–H and O–H groups in total. The third-order valence-corrected chi connectivity index (χ3v) is 5.26. The third kappa shape index (κ3) is 3.93. The Bertz CT molecular complexity index is 356. The SMILES string of the molecule is CN(CCCS(N)(=O)=O)CC1CC2CCC1C2. The summed E-state index contributed by atoms with van der Waals surface area (Å²) in [5.74, 6) is 2.89. The minimum absolute atomic E-state index is 0.105. The molecule has 2 aliphatic carbocycles. The smallest absolute Gasteiger partial charge is 0.209 e. The second-order valence-electron chi connectivity index (χ2n) is 5.92. The Morgan fingerprint density at radius 3 is 2.59 bits per heavy atom. The number of nitrogens with two attached hydrogens (primary N) is 1. The van der Waals surface area contributed by atoms with Gasteiger partial charge >= 0.3 is 0 Å². The molecule has 0 aliphatic heterocycles. The van der Waals surface area contributed by atoms with Crippen LogP contribution in [0.4, 0.5) is 0 Å². The molecule has 0 radical (unpaired) electrons. The van der Waals surface area contributed by atoms with Crippen molar-refractivity contribution in [3.8, 4) is 0 Å². The molecule has 0 spiro atoms. The lowest BCUT2D eigenvalue weighted by atomic mass is 9.88. The van der Waals surface area contributed by atoms with E-state index in [9.17, 15) is 8.42 Å². The summed E-state index contributed by atoms with van der Waals surface area (Å²) in [5, 5.41) is 4.99. The van der Waals surface area contributed by atoms with E-state index in [0.29, 0.717) is 6.42 Å². The molecule has 2 bridgehead atoms. The zero-order valence-corrected chi connectivity index (χ0v) is 11.5. The maximum atomic E-state index is 10.8. The molecule has 100 valence electrons. The second kappa shape index (κ2) is 5.24. The van der Waals surface area contributed by atoms with Crippen LogP contribution in [0.5, 0.6) is 0 Å². The van der Waals surface area contributed by atoms with Gasteiger partial charge in [-0.25, -0.2) is 13.6 Å². The van der Waals surface area contributed by atoms with Gasteiger partial charge in [-0.1, -0.05) is 6.42 Å². The molecule has 0 heterocycles. The summed E-state index contributed by atoms with van der Waals surface area (Å²) >= 11 is 0.